The van der Waals surface area contributed by atoms with Crippen molar-refractivity contribution < 1.29 is 22.1 Å². The summed E-state index contributed by atoms with van der Waals surface area (Å²) in [4.78, 5) is 13.9. The van der Waals surface area contributed by atoms with E-state index in [2.05, 4.69) is 0 Å². The maximum atomic E-state index is 12.4. The first-order chi connectivity index (χ1) is 11.5. The van der Waals surface area contributed by atoms with E-state index in [-0.39, 0.29) is 22.5 Å². The molecule has 1 spiro atoms. The van der Waals surface area contributed by atoms with Crippen molar-refractivity contribution >= 4 is 16.2 Å². The predicted molar refractivity (Wildman–Crippen MR) is 92.7 cm³/mol. The Morgan fingerprint density at radius 3 is 2.36 bits per heavy atom. The molecule has 1 saturated heterocycles. The van der Waals surface area contributed by atoms with Gasteiger partial charge in [-0.25, -0.2) is 4.79 Å². The molecule has 1 aliphatic carbocycles. The molecule has 6 nitrogen and oxygen atoms in total. The van der Waals surface area contributed by atoms with Crippen molar-refractivity contribution in [2.24, 2.45) is 5.41 Å². The monoisotopic (exact) mass is 367 g/mol. The molecule has 1 heterocycles. The molecule has 0 atom stereocenters. The number of carbonyl (C=O) groups excluding carboxylic acids is 1. The van der Waals surface area contributed by atoms with Gasteiger partial charge in [-0.3, -0.25) is 4.18 Å². The fourth-order valence-electron chi connectivity index (χ4n) is 3.52. The van der Waals surface area contributed by atoms with Gasteiger partial charge in [-0.15, -0.1) is 0 Å². The SMILES string of the molecule is Cc1ccccc1S(=O)(=O)OC1CC2(C1)CN(C(=O)OC(C)(C)C)C2. The Morgan fingerprint density at radius 2 is 1.80 bits per heavy atom. The third-order valence-corrected chi connectivity index (χ3v) is 6.17. The van der Waals surface area contributed by atoms with Crippen molar-refractivity contribution in [3.8, 4) is 0 Å². The Hall–Kier alpha value is -1.60. The number of ether oxygens (including phenoxy) is 1. The van der Waals surface area contributed by atoms with E-state index in [4.69, 9.17) is 8.92 Å². The van der Waals surface area contributed by atoms with Crippen LogP contribution in [0.4, 0.5) is 4.79 Å². The van der Waals surface area contributed by atoms with Crippen LogP contribution >= 0.6 is 0 Å². The summed E-state index contributed by atoms with van der Waals surface area (Å²) in [6.45, 7) is 8.47. The molecule has 1 amide bonds. The average molecular weight is 367 g/mol. The average Bonchev–Trinajstić information content (AvgIpc) is 2.38. The van der Waals surface area contributed by atoms with Crippen molar-refractivity contribution in [3.05, 3.63) is 29.8 Å². The lowest BCUT2D eigenvalue weighted by Crippen LogP contribution is -2.65. The molecule has 7 heteroatoms. The second-order valence-corrected chi connectivity index (χ2v) is 9.72. The summed E-state index contributed by atoms with van der Waals surface area (Å²) < 4.78 is 35.5. The number of amides is 1. The van der Waals surface area contributed by atoms with Crippen LogP contribution in [0.3, 0.4) is 0 Å². The molecular weight excluding hydrogens is 342 g/mol. The number of likely N-dealkylation sites (tertiary alicyclic amines) is 1. The van der Waals surface area contributed by atoms with Crippen molar-refractivity contribution in [2.75, 3.05) is 13.1 Å². The lowest BCUT2D eigenvalue weighted by atomic mass is 9.62. The topological polar surface area (TPSA) is 72.9 Å². The van der Waals surface area contributed by atoms with Crippen LogP contribution in [0.1, 0.15) is 39.2 Å². The van der Waals surface area contributed by atoms with Gasteiger partial charge in [0.15, 0.2) is 0 Å². The molecule has 1 aromatic rings. The van der Waals surface area contributed by atoms with E-state index >= 15 is 0 Å². The van der Waals surface area contributed by atoms with Gasteiger partial charge in [0, 0.05) is 18.5 Å². The first-order valence-electron chi connectivity index (χ1n) is 8.47. The standard InChI is InChI=1S/C18H25NO5S/c1-13-7-5-6-8-15(13)25(21,22)24-14-9-18(10-14)11-19(12-18)16(20)23-17(2,3)4/h5-8,14H,9-12H2,1-4H3. The highest BCUT2D eigenvalue weighted by Crippen LogP contribution is 2.50. The fraction of sp³-hybridized carbons (Fsp3) is 0.611. The first kappa shape index (κ1) is 18.2. The largest absolute Gasteiger partial charge is 0.444 e. The van der Waals surface area contributed by atoms with Crippen molar-refractivity contribution in [1.29, 1.82) is 0 Å². The van der Waals surface area contributed by atoms with Gasteiger partial charge in [-0.2, -0.15) is 8.42 Å². The zero-order valence-electron chi connectivity index (χ0n) is 15.1. The molecule has 0 aromatic heterocycles. The number of benzene rings is 1. The Morgan fingerprint density at radius 1 is 1.20 bits per heavy atom. The Balaban J connectivity index is 1.51. The minimum Gasteiger partial charge on any atom is -0.444 e. The summed E-state index contributed by atoms with van der Waals surface area (Å²) in [5.41, 5.74) is 0.159. The van der Waals surface area contributed by atoms with Crippen molar-refractivity contribution in [1.82, 2.24) is 4.90 Å². The number of hydrogen-bond donors (Lipinski definition) is 0. The summed E-state index contributed by atoms with van der Waals surface area (Å²) in [6.07, 6.45) is 0.676. The molecule has 0 unspecified atom stereocenters. The molecule has 2 fully saturated rings. The smallest absolute Gasteiger partial charge is 0.410 e. The van der Waals surface area contributed by atoms with Crippen molar-refractivity contribution in [3.63, 3.8) is 0 Å². The van der Waals surface area contributed by atoms with Crippen LogP contribution in [0.5, 0.6) is 0 Å². The maximum Gasteiger partial charge on any atom is 0.410 e. The van der Waals surface area contributed by atoms with Gasteiger partial charge in [0.25, 0.3) is 10.1 Å². The van der Waals surface area contributed by atoms with Gasteiger partial charge in [0.1, 0.15) is 5.60 Å². The normalized spacial score (nSPS) is 20.1. The predicted octanol–water partition coefficient (Wildman–Crippen LogP) is 3.10. The van der Waals surface area contributed by atoms with E-state index in [9.17, 15) is 13.2 Å². The molecular formula is C18H25NO5S. The van der Waals surface area contributed by atoms with E-state index in [1.165, 1.54) is 0 Å². The zero-order chi connectivity index (χ0) is 18.5. The van der Waals surface area contributed by atoms with Crippen LogP contribution in [0.25, 0.3) is 0 Å². The number of carbonyl (C=O) groups is 1. The summed E-state index contributed by atoms with van der Waals surface area (Å²) >= 11 is 0. The van der Waals surface area contributed by atoms with Crippen LogP contribution in [0.2, 0.25) is 0 Å². The highest BCUT2D eigenvalue weighted by atomic mass is 32.2. The van der Waals surface area contributed by atoms with Crippen LogP contribution in [0.15, 0.2) is 29.2 Å². The Bertz CT molecular complexity index is 767. The maximum absolute atomic E-state index is 12.4. The van der Waals surface area contributed by atoms with Gasteiger partial charge >= 0.3 is 6.09 Å². The van der Waals surface area contributed by atoms with Crippen LogP contribution < -0.4 is 0 Å². The van der Waals surface area contributed by atoms with Crippen LogP contribution in [0, 0.1) is 12.3 Å². The zero-order valence-corrected chi connectivity index (χ0v) is 15.9. The minimum atomic E-state index is -3.74. The number of nitrogens with zero attached hydrogens (tertiary/aromatic N) is 1. The summed E-state index contributed by atoms with van der Waals surface area (Å²) in [7, 11) is -3.74. The number of hydrogen-bond acceptors (Lipinski definition) is 5. The summed E-state index contributed by atoms with van der Waals surface area (Å²) in [5.74, 6) is 0. The molecule has 0 radical (unpaired) electrons. The van der Waals surface area contributed by atoms with Gasteiger partial charge < -0.3 is 9.64 Å². The molecule has 1 aliphatic heterocycles. The Kier molecular flexibility index (Phi) is 4.36. The van der Waals surface area contributed by atoms with Gasteiger partial charge in [-0.1, -0.05) is 18.2 Å². The minimum absolute atomic E-state index is 0.0111. The van der Waals surface area contributed by atoms with Crippen molar-refractivity contribution in [2.45, 2.75) is 57.1 Å². The third-order valence-electron chi connectivity index (χ3n) is 4.65. The molecule has 0 bridgehead atoms. The molecule has 1 aromatic carbocycles. The van der Waals surface area contributed by atoms with Crippen LogP contribution in [-0.2, 0) is 19.0 Å². The van der Waals surface area contributed by atoms with Crippen LogP contribution in [-0.4, -0.2) is 44.2 Å². The number of rotatable bonds is 3. The highest BCUT2D eigenvalue weighted by Gasteiger charge is 2.56. The van der Waals surface area contributed by atoms with E-state index in [0.29, 0.717) is 31.5 Å². The molecule has 25 heavy (non-hydrogen) atoms. The molecule has 3 rings (SSSR count). The summed E-state index contributed by atoms with van der Waals surface area (Å²) in [6, 6.07) is 6.80. The van der Waals surface area contributed by atoms with E-state index < -0.39 is 15.7 Å². The second-order valence-electron chi connectivity index (χ2n) is 8.18. The van der Waals surface area contributed by atoms with Gasteiger partial charge in [0.2, 0.25) is 0 Å². The fourth-order valence-corrected chi connectivity index (χ4v) is 4.82. The van der Waals surface area contributed by atoms with Gasteiger partial charge in [-0.05, 0) is 52.2 Å². The molecule has 1 saturated carbocycles. The molecule has 0 N–H and O–H groups in total. The van der Waals surface area contributed by atoms with Gasteiger partial charge in [0.05, 0.1) is 11.0 Å². The summed E-state index contributed by atoms with van der Waals surface area (Å²) in [5, 5.41) is 0. The lowest BCUT2D eigenvalue weighted by molar-refractivity contribution is -0.115. The molecule has 2 aliphatic rings. The van der Waals surface area contributed by atoms with E-state index in [0.717, 1.165) is 0 Å². The Labute approximate surface area is 149 Å². The third kappa shape index (κ3) is 3.82. The quantitative estimate of drug-likeness (QED) is 0.768. The number of aryl methyl sites for hydroxylation is 1. The highest BCUT2D eigenvalue weighted by molar-refractivity contribution is 7.86. The van der Waals surface area contributed by atoms with E-state index in [1.807, 2.05) is 20.8 Å². The second kappa shape index (κ2) is 5.99. The molecule has 138 valence electrons. The lowest BCUT2D eigenvalue weighted by Gasteiger charge is -2.57. The first-order valence-corrected chi connectivity index (χ1v) is 9.87. The van der Waals surface area contributed by atoms with E-state index in [1.54, 1.807) is 36.1 Å².